The van der Waals surface area contributed by atoms with E-state index in [1.807, 2.05) is 29.5 Å². The number of hydrogen-bond acceptors (Lipinski definition) is 3. The van der Waals surface area contributed by atoms with Crippen molar-refractivity contribution in [1.82, 2.24) is 14.7 Å². The molecule has 0 aliphatic carbocycles. The van der Waals surface area contributed by atoms with Crippen molar-refractivity contribution >= 4 is 17.0 Å². The molecule has 0 unspecified atom stereocenters. The lowest BCUT2D eigenvalue weighted by molar-refractivity contribution is 0.473. The van der Waals surface area contributed by atoms with Crippen LogP contribution in [0.4, 0.5) is 0 Å². The highest BCUT2D eigenvalue weighted by atomic mass is 32.1. The lowest BCUT2D eigenvalue weighted by Crippen LogP contribution is -2.32. The van der Waals surface area contributed by atoms with Crippen LogP contribution in [0.1, 0.15) is 30.1 Å². The molecule has 3 aromatic heterocycles. The van der Waals surface area contributed by atoms with Gasteiger partial charge in [-0.2, -0.15) is 0 Å². The summed E-state index contributed by atoms with van der Waals surface area (Å²) in [6.07, 6.45) is 2.08. The monoisotopic (exact) mass is 299 g/mol. The molecule has 0 fully saturated rings. The molecule has 0 amide bonds. The van der Waals surface area contributed by atoms with E-state index in [4.69, 9.17) is 0 Å². The van der Waals surface area contributed by atoms with Crippen LogP contribution in [-0.2, 0) is 12.0 Å². The Morgan fingerprint density at radius 3 is 2.86 bits per heavy atom. The molecule has 1 N–H and O–H groups in total. The van der Waals surface area contributed by atoms with Crippen LogP contribution in [0.3, 0.4) is 0 Å². The highest BCUT2D eigenvalue weighted by Gasteiger charge is 2.21. The molecule has 0 aromatic carbocycles. The van der Waals surface area contributed by atoms with E-state index in [2.05, 4.69) is 59.2 Å². The molecular formula is C17H21N3S. The molecule has 0 saturated heterocycles. The van der Waals surface area contributed by atoms with Crippen LogP contribution < -0.4 is 5.32 Å². The van der Waals surface area contributed by atoms with Crippen LogP contribution in [0.15, 0.2) is 41.9 Å². The highest BCUT2D eigenvalue weighted by Crippen LogP contribution is 2.26. The molecule has 0 radical (unpaired) electrons. The molecule has 3 nitrogen and oxygen atoms in total. The van der Waals surface area contributed by atoms with Gasteiger partial charge in [0.2, 0.25) is 0 Å². The molecule has 21 heavy (non-hydrogen) atoms. The van der Waals surface area contributed by atoms with Crippen LogP contribution in [0.5, 0.6) is 0 Å². The van der Waals surface area contributed by atoms with Gasteiger partial charge in [0.15, 0.2) is 0 Å². The zero-order chi connectivity index (χ0) is 14.9. The number of hydrogen-bond donors (Lipinski definition) is 1. The van der Waals surface area contributed by atoms with E-state index in [0.29, 0.717) is 0 Å². The fraction of sp³-hybridized carbons (Fsp3) is 0.353. The third kappa shape index (κ3) is 2.87. The summed E-state index contributed by atoms with van der Waals surface area (Å²) in [5, 5.41) is 5.74. The first-order valence-corrected chi connectivity index (χ1v) is 8.13. The first kappa shape index (κ1) is 14.3. The minimum atomic E-state index is 0.155. The number of imidazole rings is 1. The van der Waals surface area contributed by atoms with Gasteiger partial charge in [0.25, 0.3) is 0 Å². The van der Waals surface area contributed by atoms with Crippen molar-refractivity contribution in [2.75, 3.05) is 6.54 Å². The number of pyridine rings is 1. The van der Waals surface area contributed by atoms with Gasteiger partial charge in [0.1, 0.15) is 5.65 Å². The second-order valence-electron chi connectivity index (χ2n) is 6.04. The zero-order valence-corrected chi connectivity index (χ0v) is 13.6. The predicted octanol–water partition coefficient (Wildman–Crippen LogP) is 3.77. The van der Waals surface area contributed by atoms with Gasteiger partial charge in [-0.1, -0.05) is 26.0 Å². The Balaban J connectivity index is 1.71. The SMILES string of the molecule is Cc1nc2ccccn2c1CNCC(C)(C)c1cccs1. The topological polar surface area (TPSA) is 29.3 Å². The molecule has 3 heterocycles. The minimum Gasteiger partial charge on any atom is -0.310 e. The lowest BCUT2D eigenvalue weighted by Gasteiger charge is -2.23. The summed E-state index contributed by atoms with van der Waals surface area (Å²) in [5.41, 5.74) is 3.52. The number of rotatable bonds is 5. The minimum absolute atomic E-state index is 0.155. The van der Waals surface area contributed by atoms with E-state index in [9.17, 15) is 0 Å². The summed E-state index contributed by atoms with van der Waals surface area (Å²) in [5.74, 6) is 0. The van der Waals surface area contributed by atoms with Crippen molar-refractivity contribution in [3.8, 4) is 0 Å². The van der Waals surface area contributed by atoms with Crippen molar-refractivity contribution < 1.29 is 0 Å². The Bertz CT molecular complexity index is 726. The number of thiophene rings is 1. The van der Waals surface area contributed by atoms with Gasteiger partial charge < -0.3 is 9.72 Å². The van der Waals surface area contributed by atoms with Gasteiger partial charge in [0.05, 0.1) is 11.4 Å². The second-order valence-corrected chi connectivity index (χ2v) is 6.99. The van der Waals surface area contributed by atoms with Gasteiger partial charge in [-0.05, 0) is 30.5 Å². The van der Waals surface area contributed by atoms with Crippen LogP contribution >= 0.6 is 11.3 Å². The second kappa shape index (κ2) is 5.62. The van der Waals surface area contributed by atoms with Gasteiger partial charge in [-0.25, -0.2) is 4.98 Å². The Morgan fingerprint density at radius 1 is 1.24 bits per heavy atom. The zero-order valence-electron chi connectivity index (χ0n) is 12.8. The van der Waals surface area contributed by atoms with Crippen molar-refractivity contribution in [3.05, 3.63) is 58.2 Å². The quantitative estimate of drug-likeness (QED) is 0.777. The van der Waals surface area contributed by atoms with Crippen molar-refractivity contribution in [3.63, 3.8) is 0 Å². The maximum absolute atomic E-state index is 4.60. The summed E-state index contributed by atoms with van der Waals surface area (Å²) >= 11 is 1.83. The molecule has 0 aliphatic rings. The number of aryl methyl sites for hydroxylation is 1. The smallest absolute Gasteiger partial charge is 0.137 e. The molecule has 3 aromatic rings. The number of nitrogens with one attached hydrogen (secondary N) is 1. The predicted molar refractivity (Wildman–Crippen MR) is 89.0 cm³/mol. The Hall–Kier alpha value is -1.65. The summed E-state index contributed by atoms with van der Waals surface area (Å²) in [4.78, 5) is 6.02. The number of nitrogens with zero attached hydrogens (tertiary/aromatic N) is 2. The maximum atomic E-state index is 4.60. The van der Waals surface area contributed by atoms with Crippen LogP contribution in [0, 0.1) is 6.92 Å². The standard InChI is InChI=1S/C17H21N3S/c1-13-14(20-9-5-4-8-16(20)19-13)11-18-12-17(2,3)15-7-6-10-21-15/h4-10,18H,11-12H2,1-3H3. The van der Waals surface area contributed by atoms with E-state index >= 15 is 0 Å². The van der Waals surface area contributed by atoms with Gasteiger partial charge in [-0.15, -0.1) is 11.3 Å². The largest absolute Gasteiger partial charge is 0.310 e. The fourth-order valence-electron chi connectivity index (χ4n) is 2.62. The molecule has 110 valence electrons. The fourth-order valence-corrected chi connectivity index (χ4v) is 3.47. The van der Waals surface area contributed by atoms with E-state index in [1.54, 1.807) is 0 Å². The van der Waals surface area contributed by atoms with E-state index in [0.717, 1.165) is 24.4 Å². The van der Waals surface area contributed by atoms with Crippen molar-refractivity contribution in [2.45, 2.75) is 32.7 Å². The van der Waals surface area contributed by atoms with E-state index < -0.39 is 0 Å². The summed E-state index contributed by atoms with van der Waals surface area (Å²) < 4.78 is 2.17. The summed E-state index contributed by atoms with van der Waals surface area (Å²) in [7, 11) is 0. The third-order valence-electron chi connectivity index (χ3n) is 3.88. The summed E-state index contributed by atoms with van der Waals surface area (Å²) in [6.45, 7) is 8.44. The van der Waals surface area contributed by atoms with Crippen LogP contribution in [0.2, 0.25) is 0 Å². The van der Waals surface area contributed by atoms with E-state index in [1.165, 1.54) is 10.6 Å². The molecule has 3 rings (SSSR count). The maximum Gasteiger partial charge on any atom is 0.137 e. The molecule has 4 heteroatoms. The Labute approximate surface area is 129 Å². The van der Waals surface area contributed by atoms with E-state index in [-0.39, 0.29) is 5.41 Å². The third-order valence-corrected chi connectivity index (χ3v) is 5.11. The highest BCUT2D eigenvalue weighted by molar-refractivity contribution is 7.10. The van der Waals surface area contributed by atoms with Crippen LogP contribution in [-0.4, -0.2) is 15.9 Å². The lowest BCUT2D eigenvalue weighted by atomic mass is 9.91. The molecule has 0 aliphatic heterocycles. The molecule has 0 saturated carbocycles. The van der Waals surface area contributed by atoms with Crippen LogP contribution in [0.25, 0.3) is 5.65 Å². The van der Waals surface area contributed by atoms with Crippen molar-refractivity contribution in [1.29, 1.82) is 0 Å². The first-order chi connectivity index (χ1) is 10.1. The van der Waals surface area contributed by atoms with Gasteiger partial charge >= 0.3 is 0 Å². The molecule has 0 bridgehead atoms. The van der Waals surface area contributed by atoms with Gasteiger partial charge in [0, 0.05) is 29.6 Å². The average Bonchev–Trinajstić information content (AvgIpc) is 3.08. The molecular weight excluding hydrogens is 278 g/mol. The van der Waals surface area contributed by atoms with Gasteiger partial charge in [-0.3, -0.25) is 0 Å². The summed E-state index contributed by atoms with van der Waals surface area (Å²) in [6, 6.07) is 10.5. The number of aromatic nitrogens is 2. The normalized spacial score (nSPS) is 12.1. The number of fused-ring (bicyclic) bond motifs is 1. The Kier molecular flexibility index (Phi) is 3.83. The first-order valence-electron chi connectivity index (χ1n) is 7.25. The van der Waals surface area contributed by atoms with Crippen molar-refractivity contribution in [2.24, 2.45) is 0 Å². The molecule has 0 atom stereocenters. The average molecular weight is 299 g/mol. The Morgan fingerprint density at radius 2 is 2.10 bits per heavy atom. The molecule has 0 spiro atoms.